The molecule has 2 aromatic heterocycles. The molecular weight excluding hydrogens is 953 g/mol. The number of oxazole rings is 2. The molecule has 2 aliphatic heterocycles. The molecule has 0 saturated carbocycles. The van der Waals surface area contributed by atoms with Gasteiger partial charge in [0.1, 0.15) is 22.0 Å². The molecule has 8 rings (SSSR count). The highest BCUT2D eigenvalue weighted by atomic mass is 32.2. The summed E-state index contributed by atoms with van der Waals surface area (Å²) < 4.78 is 24.2. The summed E-state index contributed by atoms with van der Waals surface area (Å²) in [5.41, 5.74) is 3.97. The molecule has 2 unspecified atom stereocenters. The molecule has 2 aliphatic rings. The van der Waals surface area contributed by atoms with Crippen molar-refractivity contribution < 1.29 is 37.5 Å². The van der Waals surface area contributed by atoms with Crippen molar-refractivity contribution >= 4 is 58.9 Å². The highest BCUT2D eigenvalue weighted by Gasteiger charge is 2.30. The lowest BCUT2D eigenvalue weighted by Gasteiger charge is -2.18. The zero-order chi connectivity index (χ0) is 50.1. The second kappa shape index (κ2) is 26.2. The summed E-state index contributed by atoms with van der Waals surface area (Å²) in [6.07, 6.45) is 10.1. The number of aromatic nitrogens is 2. The van der Waals surface area contributed by atoms with Crippen molar-refractivity contribution in [3.63, 3.8) is 0 Å². The average Bonchev–Trinajstić information content (AvgIpc) is 4.26. The third-order valence-electron chi connectivity index (χ3n) is 12.3. The van der Waals surface area contributed by atoms with Gasteiger partial charge in [0, 0.05) is 46.7 Å². The van der Waals surface area contributed by atoms with Crippen LogP contribution < -0.4 is 30.7 Å². The molecule has 16 nitrogen and oxygen atoms in total. The smallest absolute Gasteiger partial charge is 0.423 e. The summed E-state index contributed by atoms with van der Waals surface area (Å²) in [5.74, 6) is 1.06. The monoisotopic (exact) mass is 1010 g/mol. The predicted octanol–water partition coefficient (Wildman–Crippen LogP) is 10.4. The number of likely N-dealkylation sites (tertiary alicyclic amines) is 2. The zero-order valence-corrected chi connectivity index (χ0v) is 42.4. The summed E-state index contributed by atoms with van der Waals surface area (Å²) >= 11 is 3.06. The Labute approximate surface area is 428 Å². The molecule has 2 atom stereocenters. The van der Waals surface area contributed by atoms with Gasteiger partial charge < -0.3 is 49.4 Å². The number of urea groups is 2. The van der Waals surface area contributed by atoms with Crippen LogP contribution >= 0.6 is 23.5 Å². The Bertz CT molecular complexity index is 2530. The summed E-state index contributed by atoms with van der Waals surface area (Å²) in [6.45, 7) is 11.7. The van der Waals surface area contributed by atoms with Gasteiger partial charge in [0.25, 0.3) is 0 Å². The molecule has 2 fully saturated rings. The van der Waals surface area contributed by atoms with E-state index in [-0.39, 0.29) is 23.6 Å². The molecule has 4 N–H and O–H groups in total. The van der Waals surface area contributed by atoms with Gasteiger partial charge in [-0.05, 0) is 150 Å². The molecule has 72 heavy (non-hydrogen) atoms. The Morgan fingerprint density at radius 2 is 0.958 bits per heavy atom. The molecule has 2 saturated heterocycles. The number of ether oxygens (including phenoxy) is 2. The minimum Gasteiger partial charge on any atom is -0.439 e. The minimum atomic E-state index is -1.21. The van der Waals surface area contributed by atoms with Crippen LogP contribution in [0.2, 0.25) is 0 Å². The van der Waals surface area contributed by atoms with E-state index in [4.69, 9.17) is 18.3 Å². The number of anilines is 2. The van der Waals surface area contributed by atoms with Gasteiger partial charge in [-0.15, -0.1) is 23.5 Å². The molecule has 0 bridgehead atoms. The fourth-order valence-electron chi connectivity index (χ4n) is 8.68. The number of rotatable bonds is 22. The lowest BCUT2D eigenvalue weighted by atomic mass is 10.1. The Kier molecular flexibility index (Phi) is 18.8. The van der Waals surface area contributed by atoms with Crippen molar-refractivity contribution in [2.75, 3.05) is 74.5 Å². The maximum absolute atomic E-state index is 13.6. The number of carbonyl (C=O) groups excluding carboxylic acids is 4. The molecule has 0 spiro atoms. The van der Waals surface area contributed by atoms with Crippen LogP contribution in [0.15, 0.2) is 118 Å². The van der Waals surface area contributed by atoms with Crippen molar-refractivity contribution in [2.45, 2.75) is 62.9 Å². The summed E-state index contributed by atoms with van der Waals surface area (Å²) in [5, 5.41) is 10.7. The van der Waals surface area contributed by atoms with E-state index in [0.29, 0.717) is 70.4 Å². The first-order valence-electron chi connectivity index (χ1n) is 24.8. The number of esters is 2. The first-order chi connectivity index (χ1) is 35.2. The molecule has 0 aliphatic carbocycles. The summed E-state index contributed by atoms with van der Waals surface area (Å²) in [7, 11) is 0. The molecule has 4 aromatic carbocycles. The SMILES string of the molecule is CCSC(c1ncc(-c2ccc(NC(=O)NCCCN3CCCC3)cc2)o1)c1ccccc1OC(=O)C(=O)Oc1ccccc1C(SCC)c1ncc(-c2ccc(NC(=O)NCCCN3CCCC3)cc2)o1. The Morgan fingerprint density at radius 3 is 1.35 bits per heavy atom. The number of hydrogen-bond donors (Lipinski definition) is 4. The largest absolute Gasteiger partial charge is 0.439 e. The number of hydrogen-bond acceptors (Lipinski definition) is 14. The average molecular weight is 1020 g/mol. The molecule has 18 heteroatoms. The van der Waals surface area contributed by atoms with Crippen LogP contribution in [0.5, 0.6) is 11.5 Å². The third kappa shape index (κ3) is 14.3. The topological polar surface area (TPSA) is 193 Å². The van der Waals surface area contributed by atoms with E-state index in [0.717, 1.165) is 63.2 Å². The first-order valence-corrected chi connectivity index (χ1v) is 26.9. The van der Waals surface area contributed by atoms with Crippen LogP contribution in [0.1, 0.15) is 85.8 Å². The van der Waals surface area contributed by atoms with E-state index in [1.807, 2.05) is 50.2 Å². The van der Waals surface area contributed by atoms with Crippen LogP contribution in [0.4, 0.5) is 21.0 Å². The predicted molar refractivity (Wildman–Crippen MR) is 283 cm³/mol. The highest BCUT2D eigenvalue weighted by molar-refractivity contribution is 7.99. The van der Waals surface area contributed by atoms with Gasteiger partial charge in [-0.1, -0.05) is 50.2 Å². The van der Waals surface area contributed by atoms with Crippen LogP contribution in [0.25, 0.3) is 22.6 Å². The van der Waals surface area contributed by atoms with E-state index in [9.17, 15) is 19.2 Å². The lowest BCUT2D eigenvalue weighted by Crippen LogP contribution is -2.31. The van der Waals surface area contributed by atoms with Crippen LogP contribution in [0, 0.1) is 0 Å². The van der Waals surface area contributed by atoms with E-state index in [1.54, 1.807) is 73.1 Å². The van der Waals surface area contributed by atoms with E-state index in [2.05, 4.69) is 41.0 Å². The standard InChI is InChI=1S/C54H62N8O8S2/c1-3-71-47(49-57-35-45(67-49)37-19-23-39(24-20-37)59-53(65)55-27-13-33-61-29-9-10-30-61)41-15-5-7-17-43(41)69-51(63)52(64)70-44-18-8-6-16-42(44)48(72-4-2)50-58-36-46(68-50)38-21-25-40(26-22-38)60-54(66)56-28-14-34-62-31-11-12-32-62/h5-8,15-26,35-36,47-48H,3-4,9-14,27-34H2,1-2H3,(H2,55,59,65)(H2,56,60,66). The number of carbonyl (C=O) groups is 4. The first kappa shape index (κ1) is 51.7. The van der Waals surface area contributed by atoms with Crippen LogP contribution in [-0.2, 0) is 9.59 Å². The van der Waals surface area contributed by atoms with Crippen molar-refractivity contribution in [2.24, 2.45) is 0 Å². The van der Waals surface area contributed by atoms with Crippen molar-refractivity contribution in [3.8, 4) is 34.1 Å². The van der Waals surface area contributed by atoms with Gasteiger partial charge in [-0.3, -0.25) is 0 Å². The molecule has 6 aromatic rings. The molecule has 0 radical (unpaired) electrons. The number of benzene rings is 4. The molecule has 4 heterocycles. The number of nitrogens with zero attached hydrogens (tertiary/aromatic N) is 4. The maximum Gasteiger partial charge on any atom is 0.423 e. The lowest BCUT2D eigenvalue weighted by molar-refractivity contribution is -0.156. The normalized spacial score (nSPS) is 14.6. The summed E-state index contributed by atoms with van der Waals surface area (Å²) in [4.78, 5) is 66.3. The Balaban J connectivity index is 0.871. The van der Waals surface area contributed by atoms with E-state index in [1.165, 1.54) is 49.2 Å². The van der Waals surface area contributed by atoms with E-state index < -0.39 is 22.4 Å². The van der Waals surface area contributed by atoms with Gasteiger partial charge >= 0.3 is 24.0 Å². The van der Waals surface area contributed by atoms with Gasteiger partial charge in [0.15, 0.2) is 11.5 Å². The van der Waals surface area contributed by atoms with Gasteiger partial charge in [0.2, 0.25) is 11.8 Å². The van der Waals surface area contributed by atoms with Crippen molar-refractivity contribution in [1.82, 2.24) is 30.4 Å². The number of thioether (sulfide) groups is 2. The van der Waals surface area contributed by atoms with Gasteiger partial charge in [0.05, 0.1) is 12.4 Å². The quantitative estimate of drug-likeness (QED) is 0.0217. The van der Waals surface area contributed by atoms with Crippen LogP contribution in [0.3, 0.4) is 0 Å². The van der Waals surface area contributed by atoms with Gasteiger partial charge in [-0.25, -0.2) is 29.1 Å². The fraction of sp³-hybridized carbons (Fsp3) is 0.370. The minimum absolute atomic E-state index is 0.158. The number of nitrogens with one attached hydrogen (secondary N) is 4. The molecule has 378 valence electrons. The van der Waals surface area contributed by atoms with Crippen LogP contribution in [-0.4, -0.2) is 108 Å². The van der Waals surface area contributed by atoms with Crippen molar-refractivity contribution in [3.05, 3.63) is 132 Å². The fourth-order valence-corrected chi connectivity index (χ4v) is 10.6. The molecular formula is C54H62N8O8S2. The van der Waals surface area contributed by atoms with Crippen molar-refractivity contribution in [1.29, 1.82) is 0 Å². The Hall–Kier alpha value is -6.60. The van der Waals surface area contributed by atoms with Gasteiger partial charge in [-0.2, -0.15) is 0 Å². The zero-order valence-electron chi connectivity index (χ0n) is 40.7. The highest BCUT2D eigenvalue weighted by Crippen LogP contribution is 2.43. The maximum atomic E-state index is 13.6. The number of amides is 4. The second-order valence-electron chi connectivity index (χ2n) is 17.4. The Morgan fingerprint density at radius 1 is 0.569 bits per heavy atom. The number of para-hydroxylation sites is 2. The summed E-state index contributed by atoms with van der Waals surface area (Å²) in [6, 6.07) is 28.0. The molecule has 4 amide bonds. The third-order valence-corrected chi connectivity index (χ3v) is 14.5. The second-order valence-corrected chi connectivity index (χ2v) is 20.1. The van der Waals surface area contributed by atoms with E-state index >= 15 is 0 Å².